The monoisotopic (exact) mass is 396 g/mol. The van der Waals surface area contributed by atoms with E-state index in [9.17, 15) is 9.18 Å². The van der Waals surface area contributed by atoms with Gasteiger partial charge in [0.25, 0.3) is 5.91 Å². The van der Waals surface area contributed by atoms with Crippen molar-refractivity contribution in [3.8, 4) is 0 Å². The van der Waals surface area contributed by atoms with Gasteiger partial charge in [0.1, 0.15) is 17.2 Å². The Morgan fingerprint density at radius 2 is 1.86 bits per heavy atom. The number of carbonyl (C=O) groups excluding carboxylic acids is 1. The second-order valence-corrected chi connectivity index (χ2v) is 7.46. The van der Waals surface area contributed by atoms with Crippen LogP contribution in [-0.2, 0) is 4.74 Å². The van der Waals surface area contributed by atoms with Gasteiger partial charge in [0.2, 0.25) is 0 Å². The van der Waals surface area contributed by atoms with Crippen LogP contribution in [0.25, 0.3) is 5.57 Å². The van der Waals surface area contributed by atoms with Crippen molar-refractivity contribution < 1.29 is 13.9 Å². The predicted molar refractivity (Wildman–Crippen MR) is 115 cm³/mol. The molecule has 0 aliphatic carbocycles. The molecule has 1 N–H and O–H groups in total. The molecule has 2 heterocycles. The number of rotatable bonds is 5. The Morgan fingerprint density at radius 1 is 1.24 bits per heavy atom. The number of benzene rings is 1. The lowest BCUT2D eigenvalue weighted by atomic mass is 9.82. The molecule has 0 aromatic heterocycles. The molecule has 1 amide bonds. The van der Waals surface area contributed by atoms with E-state index in [0.717, 1.165) is 37.1 Å². The van der Waals surface area contributed by atoms with Crippen molar-refractivity contribution >= 4 is 11.5 Å². The first-order valence-corrected chi connectivity index (χ1v) is 10.2. The van der Waals surface area contributed by atoms with Gasteiger partial charge in [0.05, 0.1) is 0 Å². The molecule has 5 heteroatoms. The average molecular weight is 397 g/mol. The highest BCUT2D eigenvalue weighted by atomic mass is 19.1. The Kier molecular flexibility index (Phi) is 6.38. The molecular weight excluding hydrogens is 367 g/mol. The fourth-order valence-corrected chi connectivity index (χ4v) is 3.96. The highest BCUT2D eigenvalue weighted by Gasteiger charge is 2.38. The summed E-state index contributed by atoms with van der Waals surface area (Å²) in [6.07, 6.45) is 5.07. The standard InChI is InChI=1S/C24H29FN2O2/c1-5-27(6-2)23(28)20-9-7-19(8-10-20)22-16-24(11-13-26-14-12-24)29-18(4)21(22)15-17(3)25/h7-10,15-16,26H,3-6,11-14H2,1-2H3/b21-15+. The molecule has 0 unspecified atom stereocenters. The normalized spacial score (nSPS) is 19.6. The predicted octanol–water partition coefficient (Wildman–Crippen LogP) is 4.63. The van der Waals surface area contributed by atoms with E-state index in [1.54, 1.807) is 4.90 Å². The molecule has 1 saturated heterocycles. The van der Waals surface area contributed by atoms with Crippen LogP contribution in [0.2, 0.25) is 0 Å². The van der Waals surface area contributed by atoms with Gasteiger partial charge in [-0.15, -0.1) is 0 Å². The second kappa shape index (κ2) is 8.78. The van der Waals surface area contributed by atoms with Gasteiger partial charge in [-0.1, -0.05) is 25.3 Å². The van der Waals surface area contributed by atoms with Crippen molar-refractivity contribution in [1.82, 2.24) is 10.2 Å². The maximum absolute atomic E-state index is 13.7. The summed E-state index contributed by atoms with van der Waals surface area (Å²) in [5.41, 5.74) is 2.55. The van der Waals surface area contributed by atoms with E-state index >= 15 is 0 Å². The molecule has 1 fully saturated rings. The van der Waals surface area contributed by atoms with Gasteiger partial charge in [-0.05, 0) is 62.4 Å². The number of ether oxygens (including phenoxy) is 1. The Balaban J connectivity index is 2.01. The summed E-state index contributed by atoms with van der Waals surface area (Å²) in [4.78, 5) is 14.4. The van der Waals surface area contributed by atoms with Crippen LogP contribution in [0.3, 0.4) is 0 Å². The minimum Gasteiger partial charge on any atom is -0.483 e. The largest absolute Gasteiger partial charge is 0.483 e. The van der Waals surface area contributed by atoms with E-state index in [1.165, 1.54) is 6.08 Å². The molecule has 0 saturated carbocycles. The Hall–Kier alpha value is -2.66. The highest BCUT2D eigenvalue weighted by molar-refractivity contribution is 5.95. The van der Waals surface area contributed by atoms with Crippen molar-refractivity contribution in [1.29, 1.82) is 0 Å². The second-order valence-electron chi connectivity index (χ2n) is 7.46. The maximum Gasteiger partial charge on any atom is 0.253 e. The van der Waals surface area contributed by atoms with Gasteiger partial charge in [-0.2, -0.15) is 0 Å². The smallest absolute Gasteiger partial charge is 0.253 e. The molecule has 0 radical (unpaired) electrons. The zero-order valence-corrected chi connectivity index (χ0v) is 17.3. The lowest BCUT2D eigenvalue weighted by Crippen LogP contribution is -2.44. The quantitative estimate of drug-likeness (QED) is 0.789. The van der Waals surface area contributed by atoms with Crippen LogP contribution < -0.4 is 5.32 Å². The number of hydrogen-bond acceptors (Lipinski definition) is 3. The molecule has 0 bridgehead atoms. The Bertz CT molecular complexity index is 857. The van der Waals surface area contributed by atoms with Crippen molar-refractivity contribution in [2.24, 2.45) is 0 Å². The summed E-state index contributed by atoms with van der Waals surface area (Å²) in [7, 11) is 0. The molecule has 2 aliphatic heterocycles. The minimum absolute atomic E-state index is 0.00893. The van der Waals surface area contributed by atoms with Crippen LogP contribution in [-0.4, -0.2) is 42.6 Å². The Labute approximate surface area is 172 Å². The zero-order valence-electron chi connectivity index (χ0n) is 17.3. The molecule has 1 aromatic carbocycles. The van der Waals surface area contributed by atoms with Crippen molar-refractivity contribution in [2.75, 3.05) is 26.2 Å². The lowest BCUT2D eigenvalue weighted by molar-refractivity contribution is 0.0209. The summed E-state index contributed by atoms with van der Waals surface area (Å²) in [5.74, 6) is -0.0913. The molecule has 3 rings (SSSR count). The van der Waals surface area contributed by atoms with Crippen molar-refractivity contribution in [2.45, 2.75) is 32.3 Å². The summed E-state index contributed by atoms with van der Waals surface area (Å²) >= 11 is 0. The van der Waals surface area contributed by atoms with Gasteiger partial charge in [0.15, 0.2) is 0 Å². The molecule has 1 spiro atoms. The van der Waals surface area contributed by atoms with Gasteiger partial charge < -0.3 is 15.0 Å². The van der Waals surface area contributed by atoms with Crippen LogP contribution in [0.4, 0.5) is 4.39 Å². The van der Waals surface area contributed by atoms with Crippen molar-refractivity contribution in [3.05, 3.63) is 77.9 Å². The summed E-state index contributed by atoms with van der Waals surface area (Å²) in [5, 5.41) is 3.34. The number of piperidine rings is 1. The molecule has 4 nitrogen and oxygen atoms in total. The van der Waals surface area contributed by atoms with E-state index < -0.39 is 11.4 Å². The molecule has 0 atom stereocenters. The van der Waals surface area contributed by atoms with E-state index in [4.69, 9.17) is 4.74 Å². The number of amides is 1. The SMILES string of the molecule is C=C(F)/C=C1\C(=C)OC2(C=C1c1ccc(C(=O)N(CC)CC)cc1)CCNCC2. The number of nitrogens with zero attached hydrogens (tertiary/aromatic N) is 1. The zero-order chi connectivity index (χ0) is 21.0. The van der Waals surface area contributed by atoms with Gasteiger partial charge >= 0.3 is 0 Å². The van der Waals surface area contributed by atoms with Crippen LogP contribution in [0.15, 0.2) is 66.7 Å². The first-order chi connectivity index (χ1) is 13.9. The third-order valence-electron chi connectivity index (χ3n) is 5.57. The molecule has 154 valence electrons. The van der Waals surface area contributed by atoms with Crippen LogP contribution in [0.5, 0.6) is 0 Å². The molecular formula is C24H29FN2O2. The molecule has 2 aliphatic rings. The van der Waals surface area contributed by atoms with E-state index in [2.05, 4.69) is 24.6 Å². The lowest BCUT2D eigenvalue weighted by Gasteiger charge is -2.41. The molecule has 29 heavy (non-hydrogen) atoms. The number of allylic oxidation sites excluding steroid dienone is 3. The first-order valence-electron chi connectivity index (χ1n) is 10.2. The maximum atomic E-state index is 13.7. The van der Waals surface area contributed by atoms with E-state index in [0.29, 0.717) is 30.0 Å². The van der Waals surface area contributed by atoms with E-state index in [-0.39, 0.29) is 5.91 Å². The Morgan fingerprint density at radius 3 is 2.41 bits per heavy atom. The minimum atomic E-state index is -0.551. The highest BCUT2D eigenvalue weighted by Crippen LogP contribution is 2.42. The fourth-order valence-electron chi connectivity index (χ4n) is 3.96. The van der Waals surface area contributed by atoms with Gasteiger partial charge in [0, 0.05) is 37.1 Å². The van der Waals surface area contributed by atoms with Gasteiger partial charge in [-0.3, -0.25) is 4.79 Å². The summed E-state index contributed by atoms with van der Waals surface area (Å²) < 4.78 is 19.8. The molecule has 1 aromatic rings. The van der Waals surface area contributed by atoms with Crippen LogP contribution >= 0.6 is 0 Å². The van der Waals surface area contributed by atoms with Crippen LogP contribution in [0.1, 0.15) is 42.6 Å². The number of halogens is 1. The van der Waals surface area contributed by atoms with Crippen molar-refractivity contribution in [3.63, 3.8) is 0 Å². The average Bonchev–Trinajstić information content (AvgIpc) is 2.71. The van der Waals surface area contributed by atoms with E-state index in [1.807, 2.05) is 38.1 Å². The number of carbonyl (C=O) groups is 1. The third kappa shape index (κ3) is 4.51. The summed E-state index contributed by atoms with van der Waals surface area (Å²) in [6, 6.07) is 7.47. The number of nitrogens with one attached hydrogen (secondary N) is 1. The first kappa shape index (κ1) is 21.1. The summed E-state index contributed by atoms with van der Waals surface area (Å²) in [6.45, 7) is 14.4. The number of hydrogen-bond donors (Lipinski definition) is 1. The van der Waals surface area contributed by atoms with Gasteiger partial charge in [-0.25, -0.2) is 4.39 Å². The fraction of sp³-hybridized carbons (Fsp3) is 0.375. The van der Waals surface area contributed by atoms with Crippen LogP contribution in [0, 0.1) is 0 Å². The third-order valence-corrected chi connectivity index (χ3v) is 5.57. The topological polar surface area (TPSA) is 41.6 Å².